The van der Waals surface area contributed by atoms with Crippen LogP contribution in [0.3, 0.4) is 0 Å². The number of aromatic amines is 1. The molecule has 1 aliphatic rings. The maximum absolute atomic E-state index is 5.09. The fourth-order valence-electron chi connectivity index (χ4n) is 1.65. The van der Waals surface area contributed by atoms with Crippen LogP contribution in [0.25, 0.3) is 11.5 Å². The summed E-state index contributed by atoms with van der Waals surface area (Å²) >= 11 is 4.73. The molecule has 3 heterocycles. The smallest absolute Gasteiger partial charge is 0.284 e. The third-order valence-electron chi connectivity index (χ3n) is 2.57. The van der Waals surface area contributed by atoms with Crippen molar-refractivity contribution < 1.29 is 4.42 Å². The number of piperidine rings is 1. The SMILES string of the molecule is C1CCNCC1.S=c1[nH]nc(-c2ccncc2)o1. The summed E-state index contributed by atoms with van der Waals surface area (Å²) in [6.07, 6.45) is 7.55. The zero-order chi connectivity index (χ0) is 12.6. The van der Waals surface area contributed by atoms with Crippen molar-refractivity contribution in [1.29, 1.82) is 0 Å². The number of nitrogens with zero attached hydrogens (tertiary/aromatic N) is 2. The van der Waals surface area contributed by atoms with Crippen molar-refractivity contribution in [1.82, 2.24) is 20.5 Å². The molecule has 1 saturated heterocycles. The van der Waals surface area contributed by atoms with Crippen molar-refractivity contribution in [3.8, 4) is 11.5 Å². The van der Waals surface area contributed by atoms with Gasteiger partial charge in [0.1, 0.15) is 0 Å². The van der Waals surface area contributed by atoms with Gasteiger partial charge in [-0.05, 0) is 50.3 Å². The van der Waals surface area contributed by atoms with Gasteiger partial charge in [0, 0.05) is 18.0 Å². The molecule has 2 aromatic heterocycles. The fraction of sp³-hybridized carbons (Fsp3) is 0.417. The minimum Gasteiger partial charge on any atom is -0.409 e. The van der Waals surface area contributed by atoms with Crippen molar-refractivity contribution >= 4 is 12.2 Å². The molecule has 6 heteroatoms. The van der Waals surface area contributed by atoms with E-state index >= 15 is 0 Å². The van der Waals surface area contributed by atoms with Gasteiger partial charge in [-0.1, -0.05) is 6.42 Å². The number of nitrogens with one attached hydrogen (secondary N) is 2. The molecule has 0 radical (unpaired) electrons. The van der Waals surface area contributed by atoms with Gasteiger partial charge in [0.15, 0.2) is 0 Å². The van der Waals surface area contributed by atoms with Crippen molar-refractivity contribution in [3.63, 3.8) is 0 Å². The summed E-state index contributed by atoms with van der Waals surface area (Å²) in [5, 5.41) is 9.69. The van der Waals surface area contributed by atoms with Crippen molar-refractivity contribution in [2.75, 3.05) is 13.1 Å². The Morgan fingerprint density at radius 1 is 1.11 bits per heavy atom. The first-order valence-electron chi connectivity index (χ1n) is 6.03. The molecular weight excluding hydrogens is 248 g/mol. The molecule has 0 amide bonds. The second kappa shape index (κ2) is 7.03. The summed E-state index contributed by atoms with van der Waals surface area (Å²) in [5.41, 5.74) is 0.859. The first-order valence-corrected chi connectivity index (χ1v) is 6.44. The minimum atomic E-state index is 0.279. The van der Waals surface area contributed by atoms with E-state index in [9.17, 15) is 0 Å². The highest BCUT2D eigenvalue weighted by Crippen LogP contribution is 2.13. The molecule has 2 N–H and O–H groups in total. The zero-order valence-corrected chi connectivity index (χ0v) is 10.9. The summed E-state index contributed by atoms with van der Waals surface area (Å²) < 4.78 is 5.09. The highest BCUT2D eigenvalue weighted by molar-refractivity contribution is 7.71. The summed E-state index contributed by atoms with van der Waals surface area (Å²) in [6.45, 7) is 2.50. The highest BCUT2D eigenvalue weighted by atomic mass is 32.1. The molecule has 0 atom stereocenters. The lowest BCUT2D eigenvalue weighted by Crippen LogP contribution is -2.21. The van der Waals surface area contributed by atoms with Crippen LogP contribution in [0.2, 0.25) is 0 Å². The lowest BCUT2D eigenvalue weighted by molar-refractivity contribution is 0.520. The number of pyridine rings is 1. The first-order chi connectivity index (χ1) is 8.86. The molecule has 0 aromatic carbocycles. The highest BCUT2D eigenvalue weighted by Gasteiger charge is 2.01. The van der Waals surface area contributed by atoms with Gasteiger partial charge in [-0.15, -0.1) is 5.10 Å². The van der Waals surface area contributed by atoms with Crippen molar-refractivity contribution in [2.24, 2.45) is 0 Å². The molecule has 0 unspecified atom stereocenters. The van der Waals surface area contributed by atoms with E-state index in [1.807, 2.05) is 0 Å². The molecule has 0 aliphatic carbocycles. The van der Waals surface area contributed by atoms with Crippen LogP contribution in [0.1, 0.15) is 19.3 Å². The summed E-state index contributed by atoms with van der Waals surface area (Å²) in [6, 6.07) is 3.60. The van der Waals surface area contributed by atoms with Gasteiger partial charge in [-0.2, -0.15) is 0 Å². The van der Waals surface area contributed by atoms with Crippen LogP contribution >= 0.6 is 12.2 Å². The summed E-state index contributed by atoms with van der Waals surface area (Å²) in [4.78, 5) is 4.15. The van der Waals surface area contributed by atoms with E-state index in [1.54, 1.807) is 24.5 Å². The largest absolute Gasteiger partial charge is 0.409 e. The van der Waals surface area contributed by atoms with Crippen LogP contribution in [-0.4, -0.2) is 28.3 Å². The Labute approximate surface area is 111 Å². The maximum atomic E-state index is 5.09. The number of hydrogen-bond acceptors (Lipinski definition) is 5. The molecular formula is C12H16N4OS. The van der Waals surface area contributed by atoms with Crippen molar-refractivity contribution in [3.05, 3.63) is 29.4 Å². The van der Waals surface area contributed by atoms with Gasteiger partial charge in [0.25, 0.3) is 4.84 Å². The summed E-state index contributed by atoms with van der Waals surface area (Å²) in [5.74, 6) is 0.488. The molecule has 2 aromatic rings. The molecule has 0 spiro atoms. The normalized spacial score (nSPS) is 14.7. The van der Waals surface area contributed by atoms with Crippen molar-refractivity contribution in [2.45, 2.75) is 19.3 Å². The topological polar surface area (TPSA) is 66.7 Å². The zero-order valence-electron chi connectivity index (χ0n) is 10.1. The van der Waals surface area contributed by atoms with Crippen LogP contribution in [0.5, 0.6) is 0 Å². The van der Waals surface area contributed by atoms with Gasteiger partial charge in [-0.25, -0.2) is 5.10 Å². The van der Waals surface area contributed by atoms with Crippen LogP contribution in [0.15, 0.2) is 28.9 Å². The maximum Gasteiger partial charge on any atom is 0.284 e. The number of H-pyrrole nitrogens is 1. The van der Waals surface area contributed by atoms with Gasteiger partial charge >= 0.3 is 0 Å². The van der Waals surface area contributed by atoms with Crippen LogP contribution in [0, 0.1) is 4.84 Å². The number of aromatic nitrogens is 3. The van der Waals surface area contributed by atoms with Gasteiger partial charge in [0.05, 0.1) is 0 Å². The molecule has 5 nitrogen and oxygen atoms in total. The molecule has 1 aliphatic heterocycles. The predicted molar refractivity (Wildman–Crippen MR) is 71.6 cm³/mol. The van der Waals surface area contributed by atoms with Gasteiger partial charge in [0.2, 0.25) is 5.89 Å². The third-order valence-corrected chi connectivity index (χ3v) is 2.75. The number of rotatable bonds is 1. The standard InChI is InChI=1S/C7H5N3OS.C5H11N/c12-7-10-9-6(11-7)5-1-3-8-4-2-5;1-2-4-6-5-3-1/h1-4H,(H,10,12);6H,1-5H2. The van der Waals surface area contributed by atoms with Crippen LogP contribution < -0.4 is 5.32 Å². The average molecular weight is 264 g/mol. The first kappa shape index (κ1) is 12.9. The molecule has 18 heavy (non-hydrogen) atoms. The average Bonchev–Trinajstić information content (AvgIpc) is 2.89. The Bertz CT molecular complexity index is 493. The second-order valence-electron chi connectivity index (χ2n) is 3.96. The molecule has 1 fully saturated rings. The Morgan fingerprint density at radius 3 is 2.28 bits per heavy atom. The molecule has 3 rings (SSSR count). The Morgan fingerprint density at radius 2 is 1.83 bits per heavy atom. The Kier molecular flexibility index (Phi) is 5.04. The molecule has 0 saturated carbocycles. The quantitative estimate of drug-likeness (QED) is 0.775. The van der Waals surface area contributed by atoms with E-state index in [0.29, 0.717) is 5.89 Å². The third kappa shape index (κ3) is 4.05. The van der Waals surface area contributed by atoms with E-state index in [-0.39, 0.29) is 4.84 Å². The Hall–Kier alpha value is -1.53. The predicted octanol–water partition coefficient (Wildman–Crippen LogP) is 2.55. The van der Waals surface area contributed by atoms with E-state index < -0.39 is 0 Å². The molecule has 96 valence electrons. The number of hydrogen-bond donors (Lipinski definition) is 2. The van der Waals surface area contributed by atoms with Gasteiger partial charge < -0.3 is 9.73 Å². The monoisotopic (exact) mass is 264 g/mol. The lowest BCUT2D eigenvalue weighted by Gasteiger charge is -2.08. The van der Waals surface area contributed by atoms with E-state index in [1.165, 1.54) is 32.4 Å². The van der Waals surface area contributed by atoms with Crippen LogP contribution in [-0.2, 0) is 0 Å². The second-order valence-corrected chi connectivity index (χ2v) is 4.34. The lowest BCUT2D eigenvalue weighted by atomic mass is 10.2. The van der Waals surface area contributed by atoms with E-state index in [0.717, 1.165) is 5.56 Å². The van der Waals surface area contributed by atoms with Crippen LogP contribution in [0.4, 0.5) is 0 Å². The summed E-state index contributed by atoms with van der Waals surface area (Å²) in [7, 11) is 0. The van der Waals surface area contributed by atoms with Gasteiger partial charge in [-0.3, -0.25) is 4.98 Å². The Balaban J connectivity index is 0.000000169. The fourth-order valence-corrected chi connectivity index (χ4v) is 1.77. The van der Waals surface area contributed by atoms with E-state index in [2.05, 4.69) is 20.5 Å². The van der Waals surface area contributed by atoms with E-state index in [4.69, 9.17) is 16.6 Å². The minimum absolute atomic E-state index is 0.279. The molecule has 0 bridgehead atoms.